The van der Waals surface area contributed by atoms with Crippen molar-refractivity contribution in [2.45, 2.75) is 24.2 Å². The number of fused-ring (bicyclic) bond motifs is 4. The van der Waals surface area contributed by atoms with Gasteiger partial charge < -0.3 is 9.72 Å². The highest BCUT2D eigenvalue weighted by atomic mass is 32.2. The highest BCUT2D eigenvalue weighted by Crippen LogP contribution is 2.46. The van der Waals surface area contributed by atoms with Gasteiger partial charge in [-0.2, -0.15) is 5.26 Å². The third-order valence-electron chi connectivity index (χ3n) is 7.40. The summed E-state index contributed by atoms with van der Waals surface area (Å²) in [6.07, 6.45) is 0. The molecule has 0 saturated carbocycles. The van der Waals surface area contributed by atoms with Crippen LogP contribution in [0.3, 0.4) is 0 Å². The van der Waals surface area contributed by atoms with E-state index in [4.69, 9.17) is 4.74 Å². The molecule has 0 bridgehead atoms. The van der Waals surface area contributed by atoms with Crippen LogP contribution >= 0.6 is 0 Å². The highest BCUT2D eigenvalue weighted by molar-refractivity contribution is 7.91. The Morgan fingerprint density at radius 1 is 1.18 bits per heavy atom. The Morgan fingerprint density at radius 2 is 1.89 bits per heavy atom. The van der Waals surface area contributed by atoms with Gasteiger partial charge in [0.2, 0.25) is 0 Å². The van der Waals surface area contributed by atoms with Crippen LogP contribution in [0.25, 0.3) is 10.9 Å². The zero-order chi connectivity index (χ0) is 27.4. The van der Waals surface area contributed by atoms with E-state index in [9.17, 15) is 22.7 Å². The molecule has 1 atom stereocenters. The molecule has 9 nitrogen and oxygen atoms in total. The van der Waals surface area contributed by atoms with Gasteiger partial charge in [-0.15, -0.1) is 0 Å². The topological polar surface area (TPSA) is 124 Å². The Morgan fingerprint density at radius 3 is 2.55 bits per heavy atom. The average Bonchev–Trinajstić information content (AvgIpc) is 3.27. The van der Waals surface area contributed by atoms with Gasteiger partial charge in [0, 0.05) is 47.2 Å². The number of ketones is 1. The van der Waals surface area contributed by atoms with E-state index in [1.165, 1.54) is 0 Å². The van der Waals surface area contributed by atoms with Gasteiger partial charge in [-0.25, -0.2) is 16.9 Å². The maximum atomic E-state index is 13.9. The lowest BCUT2D eigenvalue weighted by molar-refractivity contribution is 0.103. The first-order valence-electron chi connectivity index (χ1n) is 12.4. The van der Waals surface area contributed by atoms with Crippen LogP contribution in [0.15, 0.2) is 35.2 Å². The number of H-pyrrole nitrogens is 1. The number of aromatic amines is 1. The van der Waals surface area contributed by atoms with Gasteiger partial charge in [-0.1, -0.05) is 19.9 Å². The number of aromatic nitrogens is 1. The van der Waals surface area contributed by atoms with Crippen molar-refractivity contribution in [1.29, 1.82) is 5.26 Å². The van der Waals surface area contributed by atoms with E-state index in [0.717, 1.165) is 22.2 Å². The van der Waals surface area contributed by atoms with Gasteiger partial charge in [0.05, 0.1) is 33.6 Å². The number of benzene rings is 2. The van der Waals surface area contributed by atoms with Crippen LogP contribution in [0.4, 0.5) is 0 Å². The summed E-state index contributed by atoms with van der Waals surface area (Å²) >= 11 is 0. The first-order chi connectivity index (χ1) is 17.9. The first-order valence-corrected chi connectivity index (χ1v) is 15.3. The summed E-state index contributed by atoms with van der Waals surface area (Å²) in [6.45, 7) is 5.81. The summed E-state index contributed by atoms with van der Waals surface area (Å²) in [4.78, 5) is 19.7. The van der Waals surface area contributed by atoms with Crippen LogP contribution in [0, 0.1) is 11.3 Å². The largest absolute Gasteiger partial charge is 0.491 e. The van der Waals surface area contributed by atoms with Crippen molar-refractivity contribution >= 4 is 37.5 Å². The van der Waals surface area contributed by atoms with Crippen LogP contribution in [-0.2, 0) is 26.2 Å². The molecule has 0 amide bonds. The molecule has 1 fully saturated rings. The van der Waals surface area contributed by atoms with Crippen LogP contribution in [-0.4, -0.2) is 84.4 Å². The lowest BCUT2D eigenvalue weighted by atomic mass is 9.71. The van der Waals surface area contributed by atoms with Gasteiger partial charge in [0.25, 0.3) is 0 Å². The number of ether oxygens (including phenoxy) is 1. The van der Waals surface area contributed by atoms with Crippen molar-refractivity contribution < 1.29 is 22.2 Å². The molecular formula is C27H30N4O5S2. The van der Waals surface area contributed by atoms with Gasteiger partial charge in [0.15, 0.2) is 15.6 Å². The Kier molecular flexibility index (Phi) is 6.72. The Bertz CT molecular complexity index is 1620. The molecule has 0 radical (unpaired) electrons. The van der Waals surface area contributed by atoms with Crippen molar-refractivity contribution in [2.24, 2.45) is 0 Å². The van der Waals surface area contributed by atoms with Crippen LogP contribution in [0.2, 0.25) is 0 Å². The second kappa shape index (κ2) is 9.61. The fourth-order valence-corrected chi connectivity index (χ4v) is 7.39. The number of carbonyl (C=O) groups excluding carboxylic acids is 1. The minimum Gasteiger partial charge on any atom is -0.491 e. The van der Waals surface area contributed by atoms with E-state index < -0.39 is 26.2 Å². The molecule has 38 heavy (non-hydrogen) atoms. The predicted octanol–water partition coefficient (Wildman–Crippen LogP) is 2.60. The Balaban J connectivity index is 1.53. The summed E-state index contributed by atoms with van der Waals surface area (Å²) < 4.78 is 44.5. The van der Waals surface area contributed by atoms with E-state index in [1.807, 2.05) is 24.8 Å². The zero-order valence-electron chi connectivity index (χ0n) is 21.8. The first kappa shape index (κ1) is 26.6. The lowest BCUT2D eigenvalue weighted by Crippen LogP contribution is -2.42. The second-order valence-electron chi connectivity index (χ2n) is 10.4. The molecule has 200 valence electrons. The van der Waals surface area contributed by atoms with Gasteiger partial charge in [-0.05, 0) is 43.9 Å². The molecule has 3 aromatic rings. The molecule has 2 heterocycles. The summed E-state index contributed by atoms with van der Waals surface area (Å²) in [7, 11) is -1.13. The molecular weight excluding hydrogens is 524 g/mol. The number of rotatable bonds is 6. The summed E-state index contributed by atoms with van der Waals surface area (Å²) in [5.41, 5.74) is 3.21. The van der Waals surface area contributed by atoms with E-state index in [2.05, 4.69) is 11.1 Å². The normalized spacial score (nSPS) is 19.1. The molecule has 2 aliphatic rings. The van der Waals surface area contributed by atoms with Crippen LogP contribution < -0.4 is 4.74 Å². The molecule has 11 heteroatoms. The predicted molar refractivity (Wildman–Crippen MR) is 146 cm³/mol. The number of sulfone groups is 1. The zero-order valence-corrected chi connectivity index (χ0v) is 23.5. The molecule has 1 N–H and O–H groups in total. The number of hydrogen-bond donors (Lipinski definition) is 1. The number of hydrogen-bond acceptors (Lipinski definition) is 7. The Hall–Kier alpha value is -3.04. The molecule has 1 aliphatic heterocycles. The smallest absolute Gasteiger partial charge is 0.195 e. The highest BCUT2D eigenvalue weighted by Gasteiger charge is 2.41. The number of nitrogens with one attached hydrogen (secondary N) is 1. The number of nitrogens with zero attached hydrogens (tertiary/aromatic N) is 3. The van der Waals surface area contributed by atoms with E-state index in [0.29, 0.717) is 53.6 Å². The number of nitriles is 1. The summed E-state index contributed by atoms with van der Waals surface area (Å²) in [5.74, 6) is 0.553. The van der Waals surface area contributed by atoms with Gasteiger partial charge in [-0.3, -0.25) is 9.69 Å². The molecule has 1 unspecified atom stereocenters. The van der Waals surface area contributed by atoms with E-state index >= 15 is 0 Å². The minimum atomic E-state index is -2.97. The fourth-order valence-electron chi connectivity index (χ4n) is 5.21. The van der Waals surface area contributed by atoms with Gasteiger partial charge >= 0.3 is 0 Å². The maximum absolute atomic E-state index is 13.9. The fraction of sp³-hybridized carbons (Fsp3) is 0.407. The standard InChI is InChI=1S/C27H30N4O5S2/c1-27(2)20-15-22(36-10-7-31-8-11-38(34,35)12-9-31)23(37(33)30(3)4)14-19(20)25(32)24-18-6-5-17(16-28)13-21(18)29-26(24)27/h5-6,13-15,29H,7-12H2,1-4H3. The van der Waals surface area contributed by atoms with Crippen molar-refractivity contribution in [1.82, 2.24) is 14.2 Å². The van der Waals surface area contributed by atoms with Crippen molar-refractivity contribution in [3.63, 3.8) is 0 Å². The van der Waals surface area contributed by atoms with Crippen LogP contribution in [0.5, 0.6) is 5.75 Å². The minimum absolute atomic E-state index is 0.140. The van der Waals surface area contributed by atoms with Crippen molar-refractivity contribution in [3.05, 3.63) is 58.3 Å². The maximum Gasteiger partial charge on any atom is 0.195 e. The third-order valence-corrected chi connectivity index (χ3v) is 10.4. The van der Waals surface area contributed by atoms with Crippen LogP contribution in [0.1, 0.15) is 46.6 Å². The summed E-state index contributed by atoms with van der Waals surface area (Å²) in [6, 6.07) is 10.9. The molecule has 2 aromatic carbocycles. The van der Waals surface area contributed by atoms with E-state index in [-0.39, 0.29) is 17.3 Å². The Labute approximate surface area is 224 Å². The van der Waals surface area contributed by atoms with Crippen molar-refractivity contribution in [3.8, 4) is 11.8 Å². The quantitative estimate of drug-likeness (QED) is 0.497. The molecule has 5 rings (SSSR count). The monoisotopic (exact) mass is 554 g/mol. The molecule has 0 spiro atoms. The lowest BCUT2D eigenvalue weighted by Gasteiger charge is -2.33. The average molecular weight is 555 g/mol. The number of carbonyl (C=O) groups is 1. The second-order valence-corrected chi connectivity index (χ2v) is 14.4. The van der Waals surface area contributed by atoms with Crippen molar-refractivity contribution in [2.75, 3.05) is 51.8 Å². The molecule has 1 aliphatic carbocycles. The van der Waals surface area contributed by atoms with E-state index in [1.54, 1.807) is 42.7 Å². The van der Waals surface area contributed by atoms with Gasteiger partial charge in [0.1, 0.15) is 23.3 Å². The SMILES string of the molecule is CN(C)S(=O)c1cc2c(cc1OCCN1CCS(=O)(=O)CC1)C(C)(C)c1[nH]c3cc(C#N)ccc3c1C2=O. The summed E-state index contributed by atoms with van der Waals surface area (Å²) in [5, 5.41) is 10.1. The molecule has 1 saturated heterocycles. The molecule has 1 aromatic heterocycles. The third kappa shape index (κ3) is 4.56.